The average Bonchev–Trinajstić information content (AvgIpc) is 3.00. The van der Waals surface area contributed by atoms with Crippen LogP contribution >= 0.6 is 0 Å². The zero-order valence-electron chi connectivity index (χ0n) is 13.0. The third-order valence-corrected chi connectivity index (χ3v) is 3.16. The molecule has 9 heteroatoms. The molecule has 0 atom stereocenters. The number of esters is 2. The molecule has 2 aromatic rings. The topological polar surface area (TPSA) is 118 Å². The van der Waals surface area contributed by atoms with Gasteiger partial charge >= 0.3 is 17.9 Å². The first-order valence-corrected chi connectivity index (χ1v) is 6.56. The number of benzene rings is 1. The number of carbonyl (C=O) groups is 2. The van der Waals surface area contributed by atoms with Crippen molar-refractivity contribution in [3.63, 3.8) is 0 Å². The monoisotopic (exact) mass is 335 g/mol. The Bertz CT molecular complexity index is 808. The second kappa shape index (κ2) is 6.82. The molecule has 2 rings (SSSR count). The third-order valence-electron chi connectivity index (χ3n) is 3.16. The smallest absolute Gasteiger partial charge is 0.346 e. The number of nitro benzene ring substituents is 1. The number of hydrogen-bond donors (Lipinski definition) is 0. The van der Waals surface area contributed by atoms with Crippen LogP contribution in [0.3, 0.4) is 0 Å². The maximum absolute atomic E-state index is 12.1. The summed E-state index contributed by atoms with van der Waals surface area (Å²) in [5.41, 5.74) is -0.494. The molecule has 0 N–H and O–H groups in total. The summed E-state index contributed by atoms with van der Waals surface area (Å²) in [6.07, 6.45) is 0. The van der Waals surface area contributed by atoms with Gasteiger partial charge in [0.25, 0.3) is 5.69 Å². The van der Waals surface area contributed by atoms with Crippen molar-refractivity contribution in [2.75, 3.05) is 21.3 Å². The zero-order valence-corrected chi connectivity index (χ0v) is 13.0. The van der Waals surface area contributed by atoms with E-state index in [1.165, 1.54) is 31.4 Å². The fraction of sp³-hybridized carbons (Fsp3) is 0.200. The van der Waals surface area contributed by atoms with E-state index >= 15 is 0 Å². The Morgan fingerprint density at radius 1 is 1.08 bits per heavy atom. The highest BCUT2D eigenvalue weighted by atomic mass is 16.6. The van der Waals surface area contributed by atoms with E-state index < -0.39 is 16.9 Å². The van der Waals surface area contributed by atoms with E-state index in [4.69, 9.17) is 9.15 Å². The number of ether oxygens (including phenoxy) is 3. The molecule has 1 aromatic carbocycles. The minimum atomic E-state index is -0.871. The van der Waals surface area contributed by atoms with Crippen LogP contribution in [0.2, 0.25) is 0 Å². The van der Waals surface area contributed by atoms with Gasteiger partial charge < -0.3 is 18.6 Å². The molecule has 126 valence electrons. The van der Waals surface area contributed by atoms with E-state index in [0.29, 0.717) is 0 Å². The Morgan fingerprint density at radius 2 is 1.71 bits per heavy atom. The number of nitrogens with zero attached hydrogens (tertiary/aromatic N) is 1. The van der Waals surface area contributed by atoms with Crippen molar-refractivity contribution in [3.8, 4) is 17.3 Å². The third kappa shape index (κ3) is 2.91. The van der Waals surface area contributed by atoms with Gasteiger partial charge in [0.2, 0.25) is 0 Å². The molecule has 0 unspecified atom stereocenters. The molecule has 0 radical (unpaired) electrons. The fourth-order valence-corrected chi connectivity index (χ4v) is 2.10. The summed E-state index contributed by atoms with van der Waals surface area (Å²) in [5.74, 6) is -2.09. The summed E-state index contributed by atoms with van der Waals surface area (Å²) in [4.78, 5) is 34.4. The van der Waals surface area contributed by atoms with Crippen molar-refractivity contribution in [2.24, 2.45) is 0 Å². The first-order chi connectivity index (χ1) is 11.4. The quantitative estimate of drug-likeness (QED) is 0.464. The fourth-order valence-electron chi connectivity index (χ4n) is 2.10. The molecule has 0 amide bonds. The molecule has 0 aliphatic rings. The Hall–Kier alpha value is -3.36. The molecule has 1 heterocycles. The van der Waals surface area contributed by atoms with E-state index in [1.54, 1.807) is 0 Å². The van der Waals surface area contributed by atoms with Gasteiger partial charge in [0.1, 0.15) is 5.56 Å². The minimum Gasteiger partial charge on any atom is -0.468 e. The number of hydrogen-bond acceptors (Lipinski definition) is 8. The summed E-state index contributed by atoms with van der Waals surface area (Å²) in [7, 11) is 3.49. The normalized spacial score (nSPS) is 10.1. The lowest BCUT2D eigenvalue weighted by Gasteiger charge is -2.03. The number of rotatable bonds is 5. The number of nitro groups is 1. The SMILES string of the molecule is COC(=O)c1c(OC)oc(-c2cccc([N+](=O)[O-])c2)c1C(=O)OC. The van der Waals surface area contributed by atoms with Crippen molar-refractivity contribution >= 4 is 17.6 Å². The highest BCUT2D eigenvalue weighted by molar-refractivity contribution is 6.08. The van der Waals surface area contributed by atoms with Crippen LogP contribution in [0.1, 0.15) is 20.7 Å². The van der Waals surface area contributed by atoms with Crippen molar-refractivity contribution in [1.29, 1.82) is 0 Å². The molecule has 1 aromatic heterocycles. The van der Waals surface area contributed by atoms with Gasteiger partial charge in [-0.3, -0.25) is 10.1 Å². The predicted octanol–water partition coefficient (Wildman–Crippen LogP) is 2.44. The van der Waals surface area contributed by atoms with Gasteiger partial charge in [0, 0.05) is 17.7 Å². The summed E-state index contributed by atoms with van der Waals surface area (Å²) in [6, 6.07) is 5.38. The lowest BCUT2D eigenvalue weighted by atomic mass is 10.0. The van der Waals surface area contributed by atoms with E-state index in [2.05, 4.69) is 9.47 Å². The van der Waals surface area contributed by atoms with Gasteiger partial charge in [-0.25, -0.2) is 9.59 Å². The molecule has 0 saturated heterocycles. The second-order valence-electron chi connectivity index (χ2n) is 4.46. The Balaban J connectivity index is 2.76. The predicted molar refractivity (Wildman–Crippen MR) is 80.0 cm³/mol. The highest BCUT2D eigenvalue weighted by Gasteiger charge is 2.33. The first kappa shape index (κ1) is 17.0. The summed E-state index contributed by atoms with van der Waals surface area (Å²) in [5, 5.41) is 10.9. The number of carbonyl (C=O) groups excluding carboxylic acids is 2. The zero-order chi connectivity index (χ0) is 17.9. The standard InChI is InChI=1S/C15H13NO8/c1-21-13(17)10-11(14(18)22-2)15(23-3)24-12(10)8-5-4-6-9(7-8)16(19)20/h4-7H,1-3H3. The molecule has 24 heavy (non-hydrogen) atoms. The van der Waals surface area contributed by atoms with Crippen molar-refractivity contribution < 1.29 is 33.1 Å². The highest BCUT2D eigenvalue weighted by Crippen LogP contribution is 2.38. The summed E-state index contributed by atoms with van der Waals surface area (Å²) in [6.45, 7) is 0. The summed E-state index contributed by atoms with van der Waals surface area (Å²) >= 11 is 0. The summed E-state index contributed by atoms with van der Waals surface area (Å²) < 4.78 is 19.7. The molecule has 0 bridgehead atoms. The van der Waals surface area contributed by atoms with Crippen LogP contribution in [0.5, 0.6) is 5.95 Å². The maximum atomic E-state index is 12.1. The van der Waals surface area contributed by atoms with Gasteiger partial charge in [0.05, 0.1) is 26.3 Å². The largest absolute Gasteiger partial charge is 0.468 e. The van der Waals surface area contributed by atoms with Crippen LogP contribution < -0.4 is 4.74 Å². The van der Waals surface area contributed by atoms with Crippen LogP contribution in [-0.2, 0) is 9.47 Å². The lowest BCUT2D eigenvalue weighted by molar-refractivity contribution is -0.384. The Morgan fingerprint density at radius 3 is 2.25 bits per heavy atom. The molecule has 0 saturated carbocycles. The van der Waals surface area contributed by atoms with Crippen LogP contribution in [0.25, 0.3) is 11.3 Å². The lowest BCUT2D eigenvalue weighted by Crippen LogP contribution is -2.11. The minimum absolute atomic E-state index is 0.0946. The molecule has 9 nitrogen and oxygen atoms in total. The van der Waals surface area contributed by atoms with E-state index in [9.17, 15) is 19.7 Å². The van der Waals surface area contributed by atoms with Gasteiger partial charge in [-0.2, -0.15) is 0 Å². The van der Waals surface area contributed by atoms with Crippen LogP contribution in [0.4, 0.5) is 5.69 Å². The van der Waals surface area contributed by atoms with Gasteiger partial charge in [-0.1, -0.05) is 12.1 Å². The number of methoxy groups -OCH3 is 3. The van der Waals surface area contributed by atoms with Crippen molar-refractivity contribution in [2.45, 2.75) is 0 Å². The maximum Gasteiger partial charge on any atom is 0.346 e. The van der Waals surface area contributed by atoms with E-state index in [1.807, 2.05) is 0 Å². The number of furan rings is 1. The molecule has 0 aliphatic heterocycles. The van der Waals surface area contributed by atoms with Crippen molar-refractivity contribution in [3.05, 3.63) is 45.5 Å². The van der Waals surface area contributed by atoms with Crippen LogP contribution in [-0.4, -0.2) is 38.2 Å². The average molecular weight is 335 g/mol. The van der Waals surface area contributed by atoms with E-state index in [0.717, 1.165) is 14.2 Å². The van der Waals surface area contributed by atoms with Gasteiger partial charge in [0.15, 0.2) is 11.3 Å². The van der Waals surface area contributed by atoms with Crippen LogP contribution in [0.15, 0.2) is 28.7 Å². The van der Waals surface area contributed by atoms with Gasteiger partial charge in [-0.05, 0) is 0 Å². The molecule has 0 fully saturated rings. The second-order valence-corrected chi connectivity index (χ2v) is 4.46. The van der Waals surface area contributed by atoms with E-state index in [-0.39, 0.29) is 34.1 Å². The Labute approximate surface area is 135 Å². The molecular formula is C15H13NO8. The molecular weight excluding hydrogens is 322 g/mol. The molecule has 0 spiro atoms. The van der Waals surface area contributed by atoms with Crippen molar-refractivity contribution in [1.82, 2.24) is 0 Å². The Kier molecular flexibility index (Phi) is 4.83. The molecule has 0 aliphatic carbocycles. The van der Waals surface area contributed by atoms with Crippen LogP contribution in [0, 0.1) is 10.1 Å². The van der Waals surface area contributed by atoms with Gasteiger partial charge in [-0.15, -0.1) is 0 Å². The number of non-ortho nitro benzene ring substituents is 1. The first-order valence-electron chi connectivity index (χ1n) is 6.56.